The van der Waals surface area contributed by atoms with Crippen LogP contribution >= 0.6 is 11.8 Å². The first-order valence-electron chi connectivity index (χ1n) is 6.88. The molecule has 0 aliphatic rings. The van der Waals surface area contributed by atoms with Crippen molar-refractivity contribution < 1.29 is 9.72 Å². The van der Waals surface area contributed by atoms with Gasteiger partial charge in [-0.1, -0.05) is 11.8 Å². The zero-order chi connectivity index (χ0) is 16.9. The highest BCUT2D eigenvalue weighted by atomic mass is 32.2. The molecular weight excluding hydrogens is 330 g/mol. The van der Waals surface area contributed by atoms with Gasteiger partial charge in [-0.25, -0.2) is 4.68 Å². The molecule has 0 amide bonds. The van der Waals surface area contributed by atoms with E-state index in [0.29, 0.717) is 16.4 Å². The average molecular weight is 341 g/mol. The van der Waals surface area contributed by atoms with Crippen LogP contribution in [-0.4, -0.2) is 36.4 Å². The number of thioether (sulfide) groups is 1. The van der Waals surface area contributed by atoms with Gasteiger partial charge < -0.3 is 0 Å². The van der Waals surface area contributed by atoms with Gasteiger partial charge in [0, 0.05) is 30.1 Å². The third-order valence-corrected chi connectivity index (χ3v) is 4.04. The molecule has 2 aromatic heterocycles. The first kappa shape index (κ1) is 15.8. The van der Waals surface area contributed by atoms with E-state index in [1.165, 1.54) is 36.0 Å². The summed E-state index contributed by atoms with van der Waals surface area (Å²) in [6, 6.07) is 10.8. The number of hydrogen-bond acceptors (Lipinski definition) is 7. The number of nitro benzene ring substituents is 1. The van der Waals surface area contributed by atoms with E-state index in [0.717, 1.165) is 0 Å². The molecule has 9 heteroatoms. The van der Waals surface area contributed by atoms with Gasteiger partial charge in [0.25, 0.3) is 5.69 Å². The maximum Gasteiger partial charge on any atom is 0.269 e. The number of nitro groups is 1. The minimum absolute atomic E-state index is 0.0423. The lowest BCUT2D eigenvalue weighted by atomic mass is 10.1. The average Bonchev–Trinajstić information content (AvgIpc) is 3.15. The molecule has 0 radical (unpaired) electrons. The van der Waals surface area contributed by atoms with Gasteiger partial charge in [-0.15, -0.1) is 10.2 Å². The summed E-state index contributed by atoms with van der Waals surface area (Å²) in [6.07, 6.45) is 3.40. The van der Waals surface area contributed by atoms with Gasteiger partial charge in [-0.3, -0.25) is 14.9 Å². The normalized spacial score (nSPS) is 10.5. The van der Waals surface area contributed by atoms with E-state index in [-0.39, 0.29) is 17.2 Å². The fourth-order valence-electron chi connectivity index (χ4n) is 1.91. The fraction of sp³-hybridized carbons (Fsp3) is 0.0667. The number of benzene rings is 1. The molecule has 0 spiro atoms. The Morgan fingerprint density at radius 2 is 1.96 bits per heavy atom. The van der Waals surface area contributed by atoms with Crippen LogP contribution in [0.2, 0.25) is 0 Å². The Labute approximate surface area is 140 Å². The molecule has 3 aromatic rings. The number of aromatic nitrogens is 4. The van der Waals surface area contributed by atoms with Gasteiger partial charge in [-0.05, 0) is 30.3 Å². The number of carbonyl (C=O) groups excluding carboxylic acids is 1. The molecule has 0 saturated heterocycles. The molecule has 3 rings (SSSR count). The molecule has 0 N–H and O–H groups in total. The summed E-state index contributed by atoms with van der Waals surface area (Å²) in [6.45, 7) is 0. The van der Waals surface area contributed by atoms with Gasteiger partial charge in [0.1, 0.15) is 5.03 Å². The van der Waals surface area contributed by atoms with Crippen LogP contribution in [0.25, 0.3) is 5.82 Å². The van der Waals surface area contributed by atoms with Gasteiger partial charge in [0.2, 0.25) is 0 Å². The standard InChI is InChI=1S/C15H11N5O3S/c21-13(11-2-4-12(5-3-11)20(22)23)10-24-15-7-6-14(17-18-15)19-9-1-8-16-19/h1-9H,10H2. The largest absolute Gasteiger partial charge is 0.293 e. The number of nitrogens with zero attached hydrogens (tertiary/aromatic N) is 5. The van der Waals surface area contributed by atoms with Crippen molar-refractivity contribution in [3.05, 3.63) is 70.5 Å². The second-order valence-electron chi connectivity index (χ2n) is 4.70. The molecule has 0 bridgehead atoms. The molecule has 0 atom stereocenters. The lowest BCUT2D eigenvalue weighted by molar-refractivity contribution is -0.384. The van der Waals surface area contributed by atoms with Crippen molar-refractivity contribution in [2.75, 3.05) is 5.75 Å². The van der Waals surface area contributed by atoms with Crippen molar-refractivity contribution in [3.63, 3.8) is 0 Å². The first-order chi connectivity index (χ1) is 11.6. The molecule has 120 valence electrons. The zero-order valence-electron chi connectivity index (χ0n) is 12.3. The summed E-state index contributed by atoms with van der Waals surface area (Å²) in [7, 11) is 0. The molecular formula is C15H11N5O3S. The highest BCUT2D eigenvalue weighted by Gasteiger charge is 2.11. The second-order valence-corrected chi connectivity index (χ2v) is 5.69. The predicted molar refractivity (Wildman–Crippen MR) is 87.3 cm³/mol. The molecule has 0 aliphatic carbocycles. The van der Waals surface area contributed by atoms with Crippen LogP contribution in [0, 0.1) is 10.1 Å². The molecule has 2 heterocycles. The van der Waals surface area contributed by atoms with E-state index < -0.39 is 4.92 Å². The van der Waals surface area contributed by atoms with E-state index in [9.17, 15) is 14.9 Å². The summed E-state index contributed by atoms with van der Waals surface area (Å²) in [5, 5.41) is 23.4. The van der Waals surface area contributed by atoms with E-state index in [1.54, 1.807) is 35.3 Å². The van der Waals surface area contributed by atoms with Crippen molar-refractivity contribution >= 4 is 23.2 Å². The molecule has 0 unspecified atom stereocenters. The van der Waals surface area contributed by atoms with Crippen molar-refractivity contribution in [2.24, 2.45) is 0 Å². The Kier molecular flexibility index (Phi) is 4.62. The Hall–Kier alpha value is -3.07. The Morgan fingerprint density at radius 3 is 2.54 bits per heavy atom. The summed E-state index contributed by atoms with van der Waals surface area (Å²) >= 11 is 1.25. The lowest BCUT2D eigenvalue weighted by Gasteiger charge is -2.02. The Morgan fingerprint density at radius 1 is 1.17 bits per heavy atom. The van der Waals surface area contributed by atoms with Crippen molar-refractivity contribution in [3.8, 4) is 5.82 Å². The van der Waals surface area contributed by atoms with Crippen molar-refractivity contribution in [1.82, 2.24) is 20.0 Å². The number of hydrogen-bond donors (Lipinski definition) is 0. The molecule has 0 saturated carbocycles. The summed E-state index contributed by atoms with van der Waals surface area (Å²) < 4.78 is 1.59. The summed E-state index contributed by atoms with van der Waals surface area (Å²) in [5.74, 6) is 0.632. The highest BCUT2D eigenvalue weighted by Crippen LogP contribution is 2.18. The molecule has 24 heavy (non-hydrogen) atoms. The van der Waals surface area contributed by atoms with Gasteiger partial charge in [0.15, 0.2) is 11.6 Å². The monoisotopic (exact) mass is 341 g/mol. The quantitative estimate of drug-likeness (QED) is 0.294. The van der Waals surface area contributed by atoms with Crippen LogP contribution in [0.1, 0.15) is 10.4 Å². The molecule has 0 aliphatic heterocycles. The topological polar surface area (TPSA) is 104 Å². The van der Waals surface area contributed by atoms with Crippen LogP contribution < -0.4 is 0 Å². The Bertz CT molecular complexity index is 848. The van der Waals surface area contributed by atoms with Crippen LogP contribution in [0.3, 0.4) is 0 Å². The maximum absolute atomic E-state index is 12.1. The third-order valence-electron chi connectivity index (χ3n) is 3.12. The number of rotatable bonds is 6. The van der Waals surface area contributed by atoms with E-state index in [1.807, 2.05) is 0 Å². The van der Waals surface area contributed by atoms with E-state index >= 15 is 0 Å². The van der Waals surface area contributed by atoms with Gasteiger partial charge in [0.05, 0.1) is 10.7 Å². The van der Waals surface area contributed by atoms with E-state index in [2.05, 4.69) is 15.3 Å². The lowest BCUT2D eigenvalue weighted by Crippen LogP contribution is -2.04. The first-order valence-corrected chi connectivity index (χ1v) is 7.86. The summed E-state index contributed by atoms with van der Waals surface area (Å²) in [5.41, 5.74) is 0.383. The predicted octanol–water partition coefficient (Wildman–Crippen LogP) is 2.55. The van der Waals surface area contributed by atoms with Crippen LogP contribution in [0.4, 0.5) is 5.69 Å². The number of carbonyl (C=O) groups is 1. The molecule has 8 nitrogen and oxygen atoms in total. The minimum atomic E-state index is -0.500. The number of ketones is 1. The summed E-state index contributed by atoms with van der Waals surface area (Å²) in [4.78, 5) is 22.2. The number of non-ortho nitro benzene ring substituents is 1. The molecule has 0 fully saturated rings. The van der Waals surface area contributed by atoms with Crippen LogP contribution in [-0.2, 0) is 0 Å². The number of Topliss-reactive ketones (excluding diaryl/α,β-unsaturated/α-hetero) is 1. The third kappa shape index (κ3) is 3.63. The molecule has 1 aromatic carbocycles. The van der Waals surface area contributed by atoms with E-state index in [4.69, 9.17) is 0 Å². The maximum atomic E-state index is 12.1. The minimum Gasteiger partial charge on any atom is -0.293 e. The fourth-order valence-corrected chi connectivity index (χ4v) is 2.62. The van der Waals surface area contributed by atoms with Crippen LogP contribution in [0.5, 0.6) is 0 Å². The Balaban J connectivity index is 1.60. The van der Waals surface area contributed by atoms with Gasteiger partial charge >= 0.3 is 0 Å². The van der Waals surface area contributed by atoms with Crippen molar-refractivity contribution in [1.29, 1.82) is 0 Å². The van der Waals surface area contributed by atoms with Crippen molar-refractivity contribution in [2.45, 2.75) is 5.03 Å². The zero-order valence-corrected chi connectivity index (χ0v) is 13.1. The SMILES string of the molecule is O=C(CSc1ccc(-n2cccn2)nn1)c1ccc([N+](=O)[O-])cc1. The second kappa shape index (κ2) is 7.01. The highest BCUT2D eigenvalue weighted by molar-refractivity contribution is 7.99. The van der Waals surface area contributed by atoms with Gasteiger partial charge in [-0.2, -0.15) is 5.10 Å². The van der Waals surface area contributed by atoms with Crippen LogP contribution in [0.15, 0.2) is 59.9 Å². The smallest absolute Gasteiger partial charge is 0.269 e.